The zero-order valence-corrected chi connectivity index (χ0v) is 12.5. The molecule has 5 heteroatoms. The first-order valence-electron chi connectivity index (χ1n) is 7.74. The van der Waals surface area contributed by atoms with Crippen LogP contribution in [0.1, 0.15) is 39.0 Å². The van der Waals surface area contributed by atoms with Gasteiger partial charge in [0.1, 0.15) is 5.82 Å². The van der Waals surface area contributed by atoms with Crippen LogP contribution in [0.5, 0.6) is 0 Å². The van der Waals surface area contributed by atoms with Gasteiger partial charge >= 0.3 is 6.03 Å². The minimum absolute atomic E-state index is 0.177. The number of carbonyl (C=O) groups excluding carboxylic acids is 1. The Morgan fingerprint density at radius 1 is 1.19 bits per heavy atom. The van der Waals surface area contributed by atoms with Gasteiger partial charge in [0.25, 0.3) is 0 Å². The molecule has 1 aliphatic carbocycles. The lowest BCUT2D eigenvalue weighted by Crippen LogP contribution is -2.43. The standard InChI is InChI=1S/C16H24FN3O/c1-2-11-18-12-7-9-13(10-8-12)19-16(21)20-15-6-4-3-5-14(15)17/h3-6,12-13,18H,2,7-11H2,1H3,(H2,19,20,21). The summed E-state index contributed by atoms with van der Waals surface area (Å²) in [6.45, 7) is 3.21. The van der Waals surface area contributed by atoms with E-state index in [0.29, 0.717) is 6.04 Å². The summed E-state index contributed by atoms with van der Waals surface area (Å²) in [5, 5.41) is 9.00. The average molecular weight is 293 g/mol. The highest BCUT2D eigenvalue weighted by Crippen LogP contribution is 2.19. The van der Waals surface area contributed by atoms with Crippen LogP contribution in [0.25, 0.3) is 0 Å². The van der Waals surface area contributed by atoms with E-state index in [1.54, 1.807) is 18.2 Å². The zero-order valence-electron chi connectivity index (χ0n) is 12.5. The maximum Gasteiger partial charge on any atom is 0.319 e. The Hall–Kier alpha value is -1.62. The number of rotatable bonds is 5. The third kappa shape index (κ3) is 5.01. The Morgan fingerprint density at radius 2 is 1.86 bits per heavy atom. The van der Waals surface area contributed by atoms with Gasteiger partial charge in [-0.15, -0.1) is 0 Å². The van der Waals surface area contributed by atoms with Crippen LogP contribution in [0, 0.1) is 5.82 Å². The van der Waals surface area contributed by atoms with Crippen molar-refractivity contribution >= 4 is 11.7 Å². The van der Waals surface area contributed by atoms with Gasteiger partial charge in [0.05, 0.1) is 5.69 Å². The second kappa shape index (κ2) is 7.98. The minimum atomic E-state index is -0.417. The molecule has 0 heterocycles. The molecule has 21 heavy (non-hydrogen) atoms. The Labute approximate surface area is 125 Å². The lowest BCUT2D eigenvalue weighted by molar-refractivity contribution is 0.240. The lowest BCUT2D eigenvalue weighted by Gasteiger charge is -2.29. The third-order valence-electron chi connectivity index (χ3n) is 3.87. The first-order chi connectivity index (χ1) is 10.2. The number of urea groups is 1. The number of hydrogen-bond acceptors (Lipinski definition) is 2. The molecule has 2 amide bonds. The van der Waals surface area contributed by atoms with Gasteiger partial charge in [-0.3, -0.25) is 0 Å². The lowest BCUT2D eigenvalue weighted by atomic mass is 9.91. The fraction of sp³-hybridized carbons (Fsp3) is 0.562. The van der Waals surface area contributed by atoms with E-state index in [4.69, 9.17) is 0 Å². The Morgan fingerprint density at radius 3 is 2.52 bits per heavy atom. The zero-order chi connectivity index (χ0) is 15.1. The highest BCUT2D eigenvalue weighted by molar-refractivity contribution is 5.89. The Kier molecular flexibility index (Phi) is 5.99. The van der Waals surface area contributed by atoms with Gasteiger partial charge in [-0.2, -0.15) is 0 Å². The molecular formula is C16H24FN3O. The molecular weight excluding hydrogens is 269 g/mol. The van der Waals surface area contributed by atoms with E-state index in [9.17, 15) is 9.18 Å². The van der Waals surface area contributed by atoms with E-state index in [0.717, 1.165) is 38.6 Å². The van der Waals surface area contributed by atoms with Crippen LogP contribution < -0.4 is 16.0 Å². The van der Waals surface area contributed by atoms with Crippen LogP contribution in [0.3, 0.4) is 0 Å². The number of anilines is 1. The topological polar surface area (TPSA) is 53.2 Å². The molecule has 116 valence electrons. The maximum atomic E-state index is 13.4. The molecule has 1 aromatic rings. The van der Waals surface area contributed by atoms with E-state index >= 15 is 0 Å². The number of benzene rings is 1. The summed E-state index contributed by atoms with van der Waals surface area (Å²) in [5.41, 5.74) is 0.216. The summed E-state index contributed by atoms with van der Waals surface area (Å²) in [6.07, 6.45) is 5.22. The molecule has 1 fully saturated rings. The van der Waals surface area contributed by atoms with E-state index in [-0.39, 0.29) is 17.8 Å². The molecule has 1 aromatic carbocycles. The van der Waals surface area contributed by atoms with E-state index < -0.39 is 5.82 Å². The van der Waals surface area contributed by atoms with Gasteiger partial charge in [0.2, 0.25) is 0 Å². The predicted molar refractivity (Wildman–Crippen MR) is 82.9 cm³/mol. The van der Waals surface area contributed by atoms with Crippen molar-refractivity contribution in [2.24, 2.45) is 0 Å². The first-order valence-corrected chi connectivity index (χ1v) is 7.74. The molecule has 3 N–H and O–H groups in total. The number of carbonyl (C=O) groups is 1. The van der Waals surface area contributed by atoms with Gasteiger partial charge in [0, 0.05) is 12.1 Å². The molecule has 0 saturated heterocycles. The highest BCUT2D eigenvalue weighted by atomic mass is 19.1. The molecule has 1 saturated carbocycles. The van der Waals surface area contributed by atoms with Crippen LogP contribution in [-0.2, 0) is 0 Å². The van der Waals surface area contributed by atoms with Crippen molar-refractivity contribution in [1.29, 1.82) is 0 Å². The van der Waals surface area contributed by atoms with Crippen molar-refractivity contribution in [2.75, 3.05) is 11.9 Å². The quantitative estimate of drug-likeness (QED) is 0.780. The normalized spacial score (nSPS) is 21.8. The molecule has 0 aliphatic heterocycles. The molecule has 0 atom stereocenters. The molecule has 0 bridgehead atoms. The SMILES string of the molecule is CCCNC1CCC(NC(=O)Nc2ccccc2F)CC1. The Bertz CT molecular complexity index is 459. The number of nitrogens with one attached hydrogen (secondary N) is 3. The van der Waals surface area contributed by atoms with Crippen LogP contribution >= 0.6 is 0 Å². The molecule has 0 aromatic heterocycles. The van der Waals surface area contributed by atoms with Gasteiger partial charge in [0.15, 0.2) is 0 Å². The largest absolute Gasteiger partial charge is 0.335 e. The smallest absolute Gasteiger partial charge is 0.319 e. The minimum Gasteiger partial charge on any atom is -0.335 e. The van der Waals surface area contributed by atoms with Gasteiger partial charge in [-0.25, -0.2) is 9.18 Å². The van der Waals surface area contributed by atoms with Crippen LogP contribution in [0.2, 0.25) is 0 Å². The average Bonchev–Trinajstić information content (AvgIpc) is 2.49. The summed E-state index contributed by atoms with van der Waals surface area (Å²) in [4.78, 5) is 11.9. The second-order valence-electron chi connectivity index (χ2n) is 5.58. The molecule has 4 nitrogen and oxygen atoms in total. The summed E-state index contributed by atoms with van der Waals surface area (Å²) in [7, 11) is 0. The maximum absolute atomic E-state index is 13.4. The van der Waals surface area contributed by atoms with Crippen LogP contribution in [-0.4, -0.2) is 24.7 Å². The predicted octanol–water partition coefficient (Wildman–Crippen LogP) is 3.26. The molecule has 0 spiro atoms. The van der Waals surface area contributed by atoms with Crippen molar-refractivity contribution in [3.05, 3.63) is 30.1 Å². The van der Waals surface area contributed by atoms with Crippen molar-refractivity contribution in [3.8, 4) is 0 Å². The molecule has 0 radical (unpaired) electrons. The first kappa shape index (κ1) is 15.8. The summed E-state index contributed by atoms with van der Waals surface area (Å²) < 4.78 is 13.4. The number of hydrogen-bond donors (Lipinski definition) is 3. The van der Waals surface area contributed by atoms with Crippen molar-refractivity contribution < 1.29 is 9.18 Å². The highest BCUT2D eigenvalue weighted by Gasteiger charge is 2.22. The monoisotopic (exact) mass is 293 g/mol. The fourth-order valence-corrected chi connectivity index (χ4v) is 2.70. The third-order valence-corrected chi connectivity index (χ3v) is 3.87. The van der Waals surface area contributed by atoms with Gasteiger partial charge < -0.3 is 16.0 Å². The van der Waals surface area contributed by atoms with Gasteiger partial charge in [-0.05, 0) is 50.8 Å². The molecule has 1 aliphatic rings. The molecule has 2 rings (SSSR count). The van der Waals surface area contributed by atoms with Crippen LogP contribution in [0.4, 0.5) is 14.9 Å². The number of amides is 2. The van der Waals surface area contributed by atoms with Crippen molar-refractivity contribution in [3.63, 3.8) is 0 Å². The number of para-hydroxylation sites is 1. The van der Waals surface area contributed by atoms with Crippen molar-refractivity contribution in [1.82, 2.24) is 10.6 Å². The fourth-order valence-electron chi connectivity index (χ4n) is 2.70. The summed E-state index contributed by atoms with van der Waals surface area (Å²) >= 11 is 0. The van der Waals surface area contributed by atoms with E-state index in [1.807, 2.05) is 0 Å². The second-order valence-corrected chi connectivity index (χ2v) is 5.58. The Balaban J connectivity index is 1.73. The van der Waals surface area contributed by atoms with Crippen LogP contribution in [0.15, 0.2) is 24.3 Å². The van der Waals surface area contributed by atoms with Crippen molar-refractivity contribution in [2.45, 2.75) is 51.1 Å². The van der Waals surface area contributed by atoms with Gasteiger partial charge in [-0.1, -0.05) is 19.1 Å². The van der Waals surface area contributed by atoms with E-state index in [2.05, 4.69) is 22.9 Å². The number of halogens is 1. The van der Waals surface area contributed by atoms with E-state index in [1.165, 1.54) is 6.07 Å². The summed E-state index contributed by atoms with van der Waals surface area (Å²) in [5.74, 6) is -0.417. The summed E-state index contributed by atoms with van der Waals surface area (Å²) in [6, 6.07) is 6.60. The molecule has 0 unspecified atom stereocenters.